The molecule has 0 spiro atoms. The maximum atomic E-state index is 15.4. The molecule has 12 heteroatoms. The minimum Gasteiger partial charge on any atom is -0.453 e. The number of ether oxygens (including phenoxy) is 1. The molecule has 0 bridgehead atoms. The van der Waals surface area contributed by atoms with Gasteiger partial charge in [0.2, 0.25) is 11.7 Å². The number of hydrogen-bond donors (Lipinski definition) is 0. The molecule has 0 aliphatic rings. The molecule has 0 saturated heterocycles. The summed E-state index contributed by atoms with van der Waals surface area (Å²) < 4.78 is 72.7. The van der Waals surface area contributed by atoms with Crippen molar-refractivity contribution in [2.45, 2.75) is 12.6 Å². The van der Waals surface area contributed by atoms with E-state index in [0.29, 0.717) is 5.56 Å². The van der Waals surface area contributed by atoms with Crippen molar-refractivity contribution < 1.29 is 31.1 Å². The van der Waals surface area contributed by atoms with Crippen LogP contribution in [0, 0.1) is 17.1 Å². The first-order chi connectivity index (χ1) is 18.6. The average molecular weight is 574 g/mol. The molecule has 0 amide bonds. The van der Waals surface area contributed by atoms with Crippen molar-refractivity contribution in [3.63, 3.8) is 0 Å². The molecule has 0 unspecified atom stereocenters. The molecule has 3 aromatic carbocycles. The van der Waals surface area contributed by atoms with Crippen LogP contribution in [0.4, 0.5) is 17.6 Å². The standard InChI is InChI=1S/C27H13Cl2F4N3O3/c28-17-8-14(13-34)9-18(11-17)37-24-20(29)7-6-16(23(24)30)10-22-35-36-26(39-22)19-12-21(15-4-2-1-3-5-15)38-25(19)27(31,32)33/h1-9,11-12H,10H2. The monoisotopic (exact) mass is 573 g/mol. The van der Waals surface area contributed by atoms with Gasteiger partial charge in [0.05, 0.1) is 28.6 Å². The Kier molecular flexibility index (Phi) is 7.04. The fourth-order valence-corrected chi connectivity index (χ4v) is 4.12. The number of halogens is 6. The number of benzene rings is 3. The lowest BCUT2D eigenvalue weighted by atomic mass is 10.1. The maximum Gasteiger partial charge on any atom is 0.450 e. The Bertz CT molecular complexity index is 1710. The molecule has 6 nitrogen and oxygen atoms in total. The van der Waals surface area contributed by atoms with Gasteiger partial charge in [-0.3, -0.25) is 0 Å². The van der Waals surface area contributed by atoms with Crippen LogP contribution < -0.4 is 4.74 Å². The molecule has 0 aliphatic heterocycles. The Labute approximate surface area is 228 Å². The minimum absolute atomic E-state index is 0.0142. The smallest absolute Gasteiger partial charge is 0.450 e. The summed E-state index contributed by atoms with van der Waals surface area (Å²) in [5.74, 6) is -3.09. The Balaban J connectivity index is 1.45. The summed E-state index contributed by atoms with van der Waals surface area (Å²) in [5, 5.41) is 16.8. The maximum absolute atomic E-state index is 15.4. The molecular formula is C27H13Cl2F4N3O3. The van der Waals surface area contributed by atoms with Gasteiger partial charge in [-0.05, 0) is 30.3 Å². The fraction of sp³-hybridized carbons (Fsp3) is 0.0741. The molecule has 0 atom stereocenters. The van der Waals surface area contributed by atoms with Crippen LogP contribution in [0.25, 0.3) is 22.8 Å². The van der Waals surface area contributed by atoms with E-state index in [9.17, 15) is 13.2 Å². The molecule has 0 aliphatic carbocycles. The van der Waals surface area contributed by atoms with Gasteiger partial charge in [0.1, 0.15) is 11.5 Å². The number of nitriles is 1. The van der Waals surface area contributed by atoms with Crippen molar-refractivity contribution >= 4 is 23.2 Å². The zero-order valence-corrected chi connectivity index (χ0v) is 20.9. The van der Waals surface area contributed by atoms with Gasteiger partial charge in [0.15, 0.2) is 11.6 Å². The summed E-state index contributed by atoms with van der Waals surface area (Å²) in [6, 6.07) is 18.1. The van der Waals surface area contributed by atoms with Crippen molar-refractivity contribution in [1.82, 2.24) is 10.2 Å². The van der Waals surface area contributed by atoms with E-state index in [-0.39, 0.29) is 50.7 Å². The highest BCUT2D eigenvalue weighted by Gasteiger charge is 2.40. The van der Waals surface area contributed by atoms with E-state index >= 15 is 4.39 Å². The SMILES string of the molecule is N#Cc1cc(Cl)cc(Oc2c(Cl)ccc(Cc3nnc(-c4cc(-c5ccccc5)oc4C(F)(F)F)o3)c2F)c1. The molecule has 0 saturated carbocycles. The second kappa shape index (κ2) is 10.4. The van der Waals surface area contributed by atoms with Crippen LogP contribution in [-0.2, 0) is 12.6 Å². The first kappa shape index (κ1) is 26.3. The first-order valence-electron chi connectivity index (χ1n) is 11.1. The molecule has 0 N–H and O–H groups in total. The summed E-state index contributed by atoms with van der Waals surface area (Å²) in [6.07, 6.45) is -5.12. The van der Waals surface area contributed by atoms with Crippen molar-refractivity contribution in [3.8, 4) is 40.3 Å². The third kappa shape index (κ3) is 5.60. The second-order valence-electron chi connectivity index (χ2n) is 8.13. The van der Waals surface area contributed by atoms with E-state index < -0.39 is 29.2 Å². The van der Waals surface area contributed by atoms with Crippen LogP contribution in [0.5, 0.6) is 11.5 Å². The van der Waals surface area contributed by atoms with Crippen molar-refractivity contribution in [2.75, 3.05) is 0 Å². The first-order valence-corrected chi connectivity index (χ1v) is 11.8. The van der Waals surface area contributed by atoms with Gasteiger partial charge < -0.3 is 13.6 Å². The predicted octanol–water partition coefficient (Wildman–Crippen LogP) is 8.72. The number of furan rings is 1. The van der Waals surface area contributed by atoms with Gasteiger partial charge in [-0.2, -0.15) is 18.4 Å². The van der Waals surface area contributed by atoms with E-state index in [1.807, 2.05) is 6.07 Å². The summed E-state index contributed by atoms with van der Waals surface area (Å²) >= 11 is 12.1. The molecule has 0 fully saturated rings. The number of rotatable bonds is 6. The van der Waals surface area contributed by atoms with E-state index in [2.05, 4.69) is 10.2 Å². The zero-order valence-electron chi connectivity index (χ0n) is 19.4. The lowest BCUT2D eigenvalue weighted by Crippen LogP contribution is -2.04. The molecular weight excluding hydrogens is 561 g/mol. The van der Waals surface area contributed by atoms with Gasteiger partial charge in [-0.25, -0.2) is 4.39 Å². The van der Waals surface area contributed by atoms with E-state index in [4.69, 9.17) is 42.0 Å². The number of aromatic nitrogens is 2. The third-order valence-electron chi connectivity index (χ3n) is 5.44. The summed E-state index contributed by atoms with van der Waals surface area (Å²) in [4.78, 5) is 0. The van der Waals surface area contributed by atoms with Gasteiger partial charge in [0, 0.05) is 16.1 Å². The molecule has 2 heterocycles. The summed E-state index contributed by atoms with van der Waals surface area (Å²) in [7, 11) is 0. The van der Waals surface area contributed by atoms with Crippen LogP contribution in [0.15, 0.2) is 75.6 Å². The number of hydrogen-bond acceptors (Lipinski definition) is 6. The average Bonchev–Trinajstić information content (AvgIpc) is 3.56. The normalized spacial score (nSPS) is 11.4. The van der Waals surface area contributed by atoms with Crippen molar-refractivity contribution in [2.24, 2.45) is 0 Å². The van der Waals surface area contributed by atoms with Crippen LogP contribution in [0.2, 0.25) is 10.0 Å². The molecule has 39 heavy (non-hydrogen) atoms. The third-order valence-corrected chi connectivity index (χ3v) is 5.95. The minimum atomic E-state index is -4.84. The highest BCUT2D eigenvalue weighted by molar-refractivity contribution is 6.32. The Morgan fingerprint density at radius 1 is 0.949 bits per heavy atom. The van der Waals surface area contributed by atoms with Crippen molar-refractivity contribution in [3.05, 3.63) is 105 Å². The van der Waals surface area contributed by atoms with Crippen LogP contribution in [0.1, 0.15) is 22.8 Å². The Hall–Kier alpha value is -4.33. The van der Waals surface area contributed by atoms with Gasteiger partial charge >= 0.3 is 6.18 Å². The van der Waals surface area contributed by atoms with E-state index in [0.717, 1.165) is 6.07 Å². The topological polar surface area (TPSA) is 85.1 Å². The zero-order chi connectivity index (χ0) is 27.7. The van der Waals surface area contributed by atoms with Crippen LogP contribution >= 0.6 is 23.2 Å². The molecule has 0 radical (unpaired) electrons. The lowest BCUT2D eigenvalue weighted by Gasteiger charge is -2.11. The largest absolute Gasteiger partial charge is 0.453 e. The van der Waals surface area contributed by atoms with Gasteiger partial charge in [-0.1, -0.05) is 59.6 Å². The van der Waals surface area contributed by atoms with Crippen molar-refractivity contribution in [1.29, 1.82) is 5.26 Å². The highest BCUT2D eigenvalue weighted by Crippen LogP contribution is 2.42. The van der Waals surface area contributed by atoms with E-state index in [1.165, 1.54) is 30.3 Å². The second-order valence-corrected chi connectivity index (χ2v) is 8.98. The van der Waals surface area contributed by atoms with Gasteiger partial charge in [-0.15, -0.1) is 10.2 Å². The Morgan fingerprint density at radius 2 is 1.72 bits per heavy atom. The van der Waals surface area contributed by atoms with Crippen LogP contribution in [0.3, 0.4) is 0 Å². The molecule has 2 aromatic heterocycles. The van der Waals surface area contributed by atoms with E-state index in [1.54, 1.807) is 30.3 Å². The van der Waals surface area contributed by atoms with Gasteiger partial charge in [0.25, 0.3) is 5.89 Å². The Morgan fingerprint density at radius 3 is 2.44 bits per heavy atom. The molecule has 5 rings (SSSR count). The fourth-order valence-electron chi connectivity index (χ4n) is 3.71. The quantitative estimate of drug-likeness (QED) is 0.189. The number of nitrogens with zero attached hydrogens (tertiary/aromatic N) is 3. The molecule has 196 valence electrons. The predicted molar refractivity (Wildman–Crippen MR) is 133 cm³/mol. The lowest BCUT2D eigenvalue weighted by molar-refractivity contribution is -0.152. The molecule has 5 aromatic rings. The highest BCUT2D eigenvalue weighted by atomic mass is 35.5. The van der Waals surface area contributed by atoms with Crippen LogP contribution in [-0.4, -0.2) is 10.2 Å². The number of alkyl halides is 3. The summed E-state index contributed by atoms with van der Waals surface area (Å²) in [5.41, 5.74) is 0.179. The summed E-state index contributed by atoms with van der Waals surface area (Å²) in [6.45, 7) is 0.